The van der Waals surface area contributed by atoms with Crippen molar-refractivity contribution in [1.29, 1.82) is 5.26 Å². The van der Waals surface area contributed by atoms with E-state index in [0.29, 0.717) is 23.7 Å². The van der Waals surface area contributed by atoms with Gasteiger partial charge < -0.3 is 14.8 Å². The van der Waals surface area contributed by atoms with E-state index in [1.54, 1.807) is 25.3 Å². The van der Waals surface area contributed by atoms with Crippen LogP contribution in [-0.2, 0) is 4.79 Å². The van der Waals surface area contributed by atoms with E-state index in [2.05, 4.69) is 5.32 Å². The summed E-state index contributed by atoms with van der Waals surface area (Å²) >= 11 is 0. The summed E-state index contributed by atoms with van der Waals surface area (Å²) in [6.45, 7) is 6.29. The highest BCUT2D eigenvalue weighted by atomic mass is 16.5. The van der Waals surface area contributed by atoms with Crippen LogP contribution >= 0.6 is 0 Å². The van der Waals surface area contributed by atoms with E-state index in [1.165, 1.54) is 6.08 Å². The maximum Gasteiger partial charge on any atom is 0.262 e. The average Bonchev–Trinajstić information content (AvgIpc) is 2.53. The van der Waals surface area contributed by atoms with Crippen molar-refractivity contribution in [2.24, 2.45) is 0 Å². The van der Waals surface area contributed by atoms with E-state index in [1.807, 2.05) is 26.8 Å². The van der Waals surface area contributed by atoms with Crippen LogP contribution in [0.4, 0.5) is 0 Å². The summed E-state index contributed by atoms with van der Waals surface area (Å²) in [5.41, 5.74) is 0.766. The van der Waals surface area contributed by atoms with E-state index in [0.717, 1.165) is 6.42 Å². The zero-order valence-electron chi connectivity index (χ0n) is 13.5. The van der Waals surface area contributed by atoms with Crippen molar-refractivity contribution in [2.75, 3.05) is 13.7 Å². The minimum absolute atomic E-state index is 0.0270. The summed E-state index contributed by atoms with van der Waals surface area (Å²) in [5.74, 6) is 0.824. The third-order valence-electron chi connectivity index (χ3n) is 3.15. The van der Waals surface area contributed by atoms with Gasteiger partial charge in [0.1, 0.15) is 11.6 Å². The highest BCUT2D eigenvalue weighted by molar-refractivity contribution is 6.01. The van der Waals surface area contributed by atoms with Gasteiger partial charge in [0.15, 0.2) is 11.5 Å². The molecule has 0 aliphatic heterocycles. The van der Waals surface area contributed by atoms with Gasteiger partial charge in [-0.25, -0.2) is 0 Å². The molecule has 0 aliphatic carbocycles. The first-order valence-electron chi connectivity index (χ1n) is 7.29. The lowest BCUT2D eigenvalue weighted by Crippen LogP contribution is -2.32. The second kappa shape index (κ2) is 8.73. The van der Waals surface area contributed by atoms with Crippen LogP contribution in [-0.4, -0.2) is 25.7 Å². The van der Waals surface area contributed by atoms with Crippen LogP contribution in [0, 0.1) is 11.3 Å². The van der Waals surface area contributed by atoms with Gasteiger partial charge in [-0.1, -0.05) is 13.0 Å². The lowest BCUT2D eigenvalue weighted by molar-refractivity contribution is -0.117. The molecule has 0 spiro atoms. The molecular weight excluding hydrogens is 280 g/mol. The average molecular weight is 302 g/mol. The number of carbonyl (C=O) groups excluding carboxylic acids is 1. The first-order chi connectivity index (χ1) is 10.5. The van der Waals surface area contributed by atoms with Crippen molar-refractivity contribution in [1.82, 2.24) is 5.32 Å². The fourth-order valence-corrected chi connectivity index (χ4v) is 1.77. The molecule has 1 aromatic rings. The molecule has 5 nitrogen and oxygen atoms in total. The van der Waals surface area contributed by atoms with Crippen LogP contribution in [0.15, 0.2) is 23.8 Å². The summed E-state index contributed by atoms with van der Waals surface area (Å²) in [7, 11) is 1.55. The highest BCUT2D eigenvalue weighted by Gasteiger charge is 2.12. The van der Waals surface area contributed by atoms with Gasteiger partial charge in [0.2, 0.25) is 0 Å². The molecule has 0 fully saturated rings. The third-order valence-corrected chi connectivity index (χ3v) is 3.15. The molecule has 1 atom stereocenters. The van der Waals surface area contributed by atoms with Gasteiger partial charge in [-0.05, 0) is 44.0 Å². The van der Waals surface area contributed by atoms with Crippen molar-refractivity contribution in [2.45, 2.75) is 33.2 Å². The molecule has 1 amide bonds. The van der Waals surface area contributed by atoms with Crippen LogP contribution in [0.1, 0.15) is 32.8 Å². The molecule has 1 unspecified atom stereocenters. The monoisotopic (exact) mass is 302 g/mol. The molecule has 118 valence electrons. The molecule has 0 heterocycles. The fraction of sp³-hybridized carbons (Fsp3) is 0.412. The van der Waals surface area contributed by atoms with Crippen LogP contribution in [0.25, 0.3) is 6.08 Å². The lowest BCUT2D eigenvalue weighted by atomic mass is 10.1. The third kappa shape index (κ3) is 4.81. The minimum atomic E-state index is -0.371. The van der Waals surface area contributed by atoms with Gasteiger partial charge >= 0.3 is 0 Å². The molecule has 0 bridgehead atoms. The first-order valence-corrected chi connectivity index (χ1v) is 7.29. The molecule has 5 heteroatoms. The van der Waals surface area contributed by atoms with Crippen molar-refractivity contribution in [3.05, 3.63) is 29.3 Å². The number of hydrogen-bond donors (Lipinski definition) is 1. The normalized spacial score (nSPS) is 12.2. The minimum Gasteiger partial charge on any atom is -0.493 e. The topological polar surface area (TPSA) is 71.3 Å². The second-order valence-corrected chi connectivity index (χ2v) is 4.80. The van der Waals surface area contributed by atoms with Crippen molar-refractivity contribution in [3.63, 3.8) is 0 Å². The Bertz CT molecular complexity index is 588. The molecular formula is C17H22N2O3. The Kier molecular flexibility index (Phi) is 6.97. The predicted molar refractivity (Wildman–Crippen MR) is 85.6 cm³/mol. The zero-order valence-corrected chi connectivity index (χ0v) is 13.5. The summed E-state index contributed by atoms with van der Waals surface area (Å²) in [4.78, 5) is 12.0. The Morgan fingerprint density at radius 2 is 2.14 bits per heavy atom. The van der Waals surface area contributed by atoms with E-state index in [4.69, 9.17) is 9.47 Å². The molecule has 1 rings (SSSR count). The molecule has 0 radical (unpaired) electrons. The first kappa shape index (κ1) is 17.6. The smallest absolute Gasteiger partial charge is 0.262 e. The molecule has 0 saturated carbocycles. The van der Waals surface area contributed by atoms with E-state index < -0.39 is 0 Å². The van der Waals surface area contributed by atoms with Gasteiger partial charge in [-0.3, -0.25) is 4.79 Å². The molecule has 1 aromatic carbocycles. The van der Waals surface area contributed by atoms with Crippen molar-refractivity contribution in [3.8, 4) is 17.6 Å². The SMILES string of the molecule is CCOc1ccc(/C=C(\C#N)C(=O)NC(C)CC)cc1OC. The second-order valence-electron chi connectivity index (χ2n) is 4.80. The van der Waals surface area contributed by atoms with E-state index in [9.17, 15) is 10.1 Å². The number of carbonyl (C=O) groups is 1. The molecule has 0 saturated heterocycles. The number of methoxy groups -OCH3 is 1. The number of ether oxygens (including phenoxy) is 2. The Hall–Kier alpha value is -2.48. The number of amides is 1. The van der Waals surface area contributed by atoms with Crippen LogP contribution in [0.5, 0.6) is 11.5 Å². The lowest BCUT2D eigenvalue weighted by Gasteiger charge is -2.11. The highest BCUT2D eigenvalue weighted by Crippen LogP contribution is 2.28. The molecule has 1 N–H and O–H groups in total. The number of rotatable bonds is 7. The largest absolute Gasteiger partial charge is 0.493 e. The summed E-state index contributed by atoms with van der Waals surface area (Å²) in [6.07, 6.45) is 2.34. The zero-order chi connectivity index (χ0) is 16.5. The molecule has 0 aromatic heterocycles. The molecule has 22 heavy (non-hydrogen) atoms. The quantitative estimate of drug-likeness (QED) is 0.621. The Morgan fingerprint density at radius 3 is 2.68 bits per heavy atom. The number of benzene rings is 1. The summed E-state index contributed by atoms with van der Waals surface area (Å²) < 4.78 is 10.7. The molecule has 0 aliphatic rings. The maximum absolute atomic E-state index is 12.0. The standard InChI is InChI=1S/C17H22N2O3/c1-5-12(3)19-17(20)14(11-18)9-13-7-8-15(22-6-2)16(10-13)21-4/h7-10,12H,5-6H2,1-4H3,(H,19,20)/b14-9+. The number of nitrogens with one attached hydrogen (secondary N) is 1. The maximum atomic E-state index is 12.0. The Labute approximate surface area is 131 Å². The number of nitrogens with zero attached hydrogens (tertiary/aromatic N) is 1. The van der Waals surface area contributed by atoms with E-state index in [-0.39, 0.29) is 17.5 Å². The van der Waals surface area contributed by atoms with Crippen molar-refractivity contribution >= 4 is 12.0 Å². The predicted octanol–water partition coefficient (Wildman–Crippen LogP) is 2.92. The van der Waals surface area contributed by atoms with Crippen molar-refractivity contribution < 1.29 is 14.3 Å². The Balaban J connectivity index is 3.03. The van der Waals surface area contributed by atoms with Gasteiger partial charge in [0.25, 0.3) is 5.91 Å². The summed E-state index contributed by atoms with van der Waals surface area (Å²) in [5, 5.41) is 11.9. The van der Waals surface area contributed by atoms with Gasteiger partial charge in [0.05, 0.1) is 13.7 Å². The summed E-state index contributed by atoms with van der Waals surface area (Å²) in [6, 6.07) is 7.23. The van der Waals surface area contributed by atoms with Crippen LogP contribution in [0.2, 0.25) is 0 Å². The van der Waals surface area contributed by atoms with Crippen LogP contribution in [0.3, 0.4) is 0 Å². The number of nitriles is 1. The van der Waals surface area contributed by atoms with Gasteiger partial charge in [0, 0.05) is 6.04 Å². The van der Waals surface area contributed by atoms with Gasteiger partial charge in [-0.2, -0.15) is 5.26 Å². The van der Waals surface area contributed by atoms with Crippen LogP contribution < -0.4 is 14.8 Å². The fourth-order valence-electron chi connectivity index (χ4n) is 1.77. The number of hydrogen-bond acceptors (Lipinski definition) is 4. The van der Waals surface area contributed by atoms with E-state index >= 15 is 0 Å². The van der Waals surface area contributed by atoms with Gasteiger partial charge in [-0.15, -0.1) is 0 Å². The Morgan fingerprint density at radius 1 is 1.41 bits per heavy atom.